The molecule has 0 spiro atoms. The Morgan fingerprint density at radius 1 is 1.00 bits per heavy atom. The van der Waals surface area contributed by atoms with Gasteiger partial charge in [0.2, 0.25) is 12.7 Å². The van der Waals surface area contributed by atoms with Crippen molar-refractivity contribution in [3.8, 4) is 11.5 Å². The molecule has 8 nitrogen and oxygen atoms in total. The van der Waals surface area contributed by atoms with Crippen LogP contribution in [-0.4, -0.2) is 30.7 Å². The monoisotopic (exact) mass is 370 g/mol. The van der Waals surface area contributed by atoms with Crippen LogP contribution in [0.1, 0.15) is 24.2 Å². The summed E-state index contributed by atoms with van der Waals surface area (Å²) in [5.74, 6) is -0.272. The molecule has 8 heteroatoms. The standard InChI is InChI=1S/C19H18N2O6/c1-11(18(23)21-15-6-7-16-17(9-15)26-10-25-16)27-19(24)13-4-3-5-14(8-13)20-12(2)22/h3-9,11H,10H2,1-2H3,(H,20,22)(H,21,23)/t11-/m1/s1. The fraction of sp³-hybridized carbons (Fsp3) is 0.211. The lowest BCUT2D eigenvalue weighted by Gasteiger charge is -2.14. The fourth-order valence-electron chi connectivity index (χ4n) is 2.43. The van der Waals surface area contributed by atoms with Crippen molar-refractivity contribution < 1.29 is 28.6 Å². The molecule has 140 valence electrons. The second kappa shape index (κ2) is 7.77. The first kappa shape index (κ1) is 18.2. The molecule has 0 radical (unpaired) electrons. The average molecular weight is 370 g/mol. The number of benzene rings is 2. The third-order valence-electron chi connectivity index (χ3n) is 3.71. The van der Waals surface area contributed by atoms with Gasteiger partial charge in [-0.1, -0.05) is 6.07 Å². The first-order valence-electron chi connectivity index (χ1n) is 8.21. The van der Waals surface area contributed by atoms with E-state index in [-0.39, 0.29) is 18.3 Å². The molecule has 1 heterocycles. The number of anilines is 2. The summed E-state index contributed by atoms with van der Waals surface area (Å²) in [5.41, 5.74) is 1.19. The number of carbonyl (C=O) groups is 3. The van der Waals surface area contributed by atoms with Crippen molar-refractivity contribution in [3.63, 3.8) is 0 Å². The summed E-state index contributed by atoms with van der Waals surface area (Å²) in [7, 11) is 0. The molecule has 1 aliphatic heterocycles. The normalized spacial score (nSPS) is 12.8. The van der Waals surface area contributed by atoms with Crippen molar-refractivity contribution in [1.82, 2.24) is 0 Å². The number of hydrogen-bond donors (Lipinski definition) is 2. The number of rotatable bonds is 5. The van der Waals surface area contributed by atoms with Crippen LogP contribution in [0.15, 0.2) is 42.5 Å². The van der Waals surface area contributed by atoms with Crippen LogP contribution in [-0.2, 0) is 14.3 Å². The molecule has 1 aliphatic rings. The first-order chi connectivity index (χ1) is 12.9. The largest absolute Gasteiger partial charge is 0.454 e. The molecular weight excluding hydrogens is 352 g/mol. The highest BCUT2D eigenvalue weighted by Crippen LogP contribution is 2.34. The molecule has 0 fully saturated rings. The number of hydrogen-bond acceptors (Lipinski definition) is 6. The molecule has 2 aromatic carbocycles. The van der Waals surface area contributed by atoms with Gasteiger partial charge in [0.05, 0.1) is 5.56 Å². The number of ether oxygens (including phenoxy) is 3. The van der Waals surface area contributed by atoms with E-state index in [0.717, 1.165) is 0 Å². The Labute approximate surface area is 155 Å². The van der Waals surface area contributed by atoms with E-state index in [0.29, 0.717) is 22.9 Å². The van der Waals surface area contributed by atoms with Crippen LogP contribution in [0.25, 0.3) is 0 Å². The van der Waals surface area contributed by atoms with Crippen LogP contribution in [0, 0.1) is 0 Å². The average Bonchev–Trinajstić information content (AvgIpc) is 3.09. The Morgan fingerprint density at radius 3 is 2.52 bits per heavy atom. The smallest absolute Gasteiger partial charge is 0.338 e. The van der Waals surface area contributed by atoms with Gasteiger partial charge in [0.15, 0.2) is 17.6 Å². The lowest BCUT2D eigenvalue weighted by Crippen LogP contribution is -2.30. The first-order valence-corrected chi connectivity index (χ1v) is 8.21. The molecule has 3 rings (SSSR count). The maximum absolute atomic E-state index is 12.3. The summed E-state index contributed by atoms with van der Waals surface area (Å²) in [6.07, 6.45) is -1.02. The number of carbonyl (C=O) groups excluding carboxylic acids is 3. The second-order valence-corrected chi connectivity index (χ2v) is 5.87. The van der Waals surface area contributed by atoms with Crippen LogP contribution in [0.2, 0.25) is 0 Å². The summed E-state index contributed by atoms with van der Waals surface area (Å²) in [6, 6.07) is 11.3. The van der Waals surface area contributed by atoms with Gasteiger partial charge in [0.1, 0.15) is 0 Å². The summed E-state index contributed by atoms with van der Waals surface area (Å²) >= 11 is 0. The van der Waals surface area contributed by atoms with Crippen molar-refractivity contribution in [2.75, 3.05) is 17.4 Å². The molecule has 0 aliphatic carbocycles. The van der Waals surface area contributed by atoms with Crippen molar-refractivity contribution in [3.05, 3.63) is 48.0 Å². The van der Waals surface area contributed by atoms with E-state index in [2.05, 4.69) is 10.6 Å². The Morgan fingerprint density at radius 2 is 1.74 bits per heavy atom. The highest BCUT2D eigenvalue weighted by molar-refractivity contribution is 5.98. The van der Waals surface area contributed by atoms with Gasteiger partial charge in [-0.15, -0.1) is 0 Å². The fourth-order valence-corrected chi connectivity index (χ4v) is 2.43. The van der Waals surface area contributed by atoms with E-state index in [1.165, 1.54) is 26.0 Å². The van der Waals surface area contributed by atoms with Gasteiger partial charge in [0.25, 0.3) is 5.91 Å². The topological polar surface area (TPSA) is 103 Å². The molecule has 2 amide bonds. The number of esters is 1. The molecule has 0 bridgehead atoms. The molecule has 0 aromatic heterocycles. The van der Waals surface area contributed by atoms with E-state index >= 15 is 0 Å². The van der Waals surface area contributed by atoms with Gasteiger partial charge in [-0.3, -0.25) is 9.59 Å². The zero-order chi connectivity index (χ0) is 19.4. The second-order valence-electron chi connectivity index (χ2n) is 5.87. The zero-order valence-electron chi connectivity index (χ0n) is 14.8. The van der Waals surface area contributed by atoms with E-state index in [4.69, 9.17) is 14.2 Å². The third kappa shape index (κ3) is 4.55. The van der Waals surface area contributed by atoms with Crippen molar-refractivity contribution >= 4 is 29.2 Å². The molecule has 0 unspecified atom stereocenters. The van der Waals surface area contributed by atoms with Crippen LogP contribution in [0.4, 0.5) is 11.4 Å². The van der Waals surface area contributed by atoms with E-state index in [9.17, 15) is 14.4 Å². The lowest BCUT2D eigenvalue weighted by atomic mass is 10.2. The highest BCUT2D eigenvalue weighted by atomic mass is 16.7. The predicted octanol–water partition coefficient (Wildman–Crippen LogP) is 2.56. The molecule has 27 heavy (non-hydrogen) atoms. The van der Waals surface area contributed by atoms with Gasteiger partial charge in [0, 0.05) is 24.4 Å². The minimum atomic E-state index is -1.02. The molecule has 0 saturated heterocycles. The molecule has 2 N–H and O–H groups in total. The van der Waals surface area contributed by atoms with E-state index in [1.54, 1.807) is 30.3 Å². The highest BCUT2D eigenvalue weighted by Gasteiger charge is 2.21. The Hall–Kier alpha value is -3.55. The maximum Gasteiger partial charge on any atom is 0.338 e. The predicted molar refractivity (Wildman–Crippen MR) is 96.8 cm³/mol. The molecular formula is C19H18N2O6. The Kier molecular flexibility index (Phi) is 5.25. The Bertz CT molecular complexity index is 896. The number of fused-ring (bicyclic) bond motifs is 1. The van der Waals surface area contributed by atoms with E-state index < -0.39 is 18.0 Å². The van der Waals surface area contributed by atoms with Crippen LogP contribution < -0.4 is 20.1 Å². The van der Waals surface area contributed by atoms with Crippen molar-refractivity contribution in [1.29, 1.82) is 0 Å². The van der Waals surface area contributed by atoms with Gasteiger partial charge in [-0.2, -0.15) is 0 Å². The summed E-state index contributed by atoms with van der Waals surface area (Å²) < 4.78 is 15.7. The van der Waals surface area contributed by atoms with E-state index in [1.807, 2.05) is 0 Å². The molecule has 0 saturated carbocycles. The summed E-state index contributed by atoms with van der Waals surface area (Å²) in [4.78, 5) is 35.6. The summed E-state index contributed by atoms with van der Waals surface area (Å²) in [6.45, 7) is 2.98. The van der Waals surface area contributed by atoms with Gasteiger partial charge in [-0.25, -0.2) is 4.79 Å². The summed E-state index contributed by atoms with van der Waals surface area (Å²) in [5, 5.41) is 5.24. The van der Waals surface area contributed by atoms with Gasteiger partial charge in [-0.05, 0) is 37.3 Å². The third-order valence-corrected chi connectivity index (χ3v) is 3.71. The van der Waals surface area contributed by atoms with Crippen molar-refractivity contribution in [2.45, 2.75) is 20.0 Å². The van der Waals surface area contributed by atoms with Crippen LogP contribution in [0.5, 0.6) is 11.5 Å². The maximum atomic E-state index is 12.3. The van der Waals surface area contributed by atoms with Gasteiger partial charge >= 0.3 is 5.97 Å². The Balaban J connectivity index is 1.60. The zero-order valence-corrected chi connectivity index (χ0v) is 14.8. The number of nitrogens with one attached hydrogen (secondary N) is 2. The van der Waals surface area contributed by atoms with Crippen LogP contribution in [0.3, 0.4) is 0 Å². The lowest BCUT2D eigenvalue weighted by molar-refractivity contribution is -0.123. The molecule has 2 aromatic rings. The SMILES string of the molecule is CC(=O)Nc1cccc(C(=O)O[C@H](C)C(=O)Nc2ccc3c(c2)OCO3)c1. The van der Waals surface area contributed by atoms with Gasteiger partial charge < -0.3 is 24.8 Å². The minimum absolute atomic E-state index is 0.137. The van der Waals surface area contributed by atoms with Crippen molar-refractivity contribution in [2.24, 2.45) is 0 Å². The number of amides is 2. The quantitative estimate of drug-likeness (QED) is 0.784. The molecule has 1 atom stereocenters. The minimum Gasteiger partial charge on any atom is -0.454 e. The van der Waals surface area contributed by atoms with Crippen LogP contribution >= 0.6 is 0 Å².